The van der Waals surface area contributed by atoms with Crippen molar-refractivity contribution in [1.82, 2.24) is 9.97 Å². The van der Waals surface area contributed by atoms with E-state index in [2.05, 4.69) is 15.3 Å². The number of methoxy groups -OCH3 is 1. The molecule has 19 heavy (non-hydrogen) atoms. The largest absolute Gasteiger partial charge is 0.380 e. The highest BCUT2D eigenvalue weighted by atomic mass is 16.5. The van der Waals surface area contributed by atoms with E-state index in [0.29, 0.717) is 6.04 Å². The van der Waals surface area contributed by atoms with Gasteiger partial charge in [-0.2, -0.15) is 0 Å². The van der Waals surface area contributed by atoms with E-state index in [9.17, 15) is 4.79 Å². The average Bonchev–Trinajstić information content (AvgIpc) is 2.79. The highest BCUT2D eigenvalue weighted by molar-refractivity contribution is 5.78. The molecule has 1 aliphatic rings. The third-order valence-electron chi connectivity index (χ3n) is 3.87. The van der Waals surface area contributed by atoms with Crippen LogP contribution in [0.4, 0.5) is 5.69 Å². The van der Waals surface area contributed by atoms with Crippen molar-refractivity contribution >= 4 is 16.7 Å². The maximum atomic E-state index is 11.2. The molecule has 0 spiro atoms. The molecule has 1 heterocycles. The van der Waals surface area contributed by atoms with Gasteiger partial charge in [-0.1, -0.05) is 12.8 Å². The van der Waals surface area contributed by atoms with Crippen LogP contribution in [0.15, 0.2) is 23.0 Å². The minimum atomic E-state index is -0.167. The molecule has 102 valence electrons. The van der Waals surface area contributed by atoms with Crippen molar-refractivity contribution in [3.63, 3.8) is 0 Å². The second kappa shape index (κ2) is 5.09. The predicted molar refractivity (Wildman–Crippen MR) is 75.6 cm³/mol. The number of hydrogen-bond acceptors (Lipinski definition) is 3. The van der Waals surface area contributed by atoms with Crippen LogP contribution in [0.25, 0.3) is 11.0 Å². The number of imidazole rings is 1. The molecule has 1 aliphatic carbocycles. The lowest BCUT2D eigenvalue weighted by molar-refractivity contribution is 0.0606. The third-order valence-corrected chi connectivity index (χ3v) is 3.87. The Labute approximate surface area is 111 Å². The monoisotopic (exact) mass is 261 g/mol. The van der Waals surface area contributed by atoms with Gasteiger partial charge in [-0.05, 0) is 31.0 Å². The summed E-state index contributed by atoms with van der Waals surface area (Å²) in [6.45, 7) is 0. The van der Waals surface area contributed by atoms with E-state index in [1.165, 1.54) is 12.8 Å². The van der Waals surface area contributed by atoms with Gasteiger partial charge in [0.25, 0.3) is 0 Å². The lowest BCUT2D eigenvalue weighted by atomic mass is 9.92. The minimum absolute atomic E-state index is 0.167. The van der Waals surface area contributed by atoms with Crippen LogP contribution >= 0.6 is 0 Å². The minimum Gasteiger partial charge on any atom is -0.380 e. The van der Waals surface area contributed by atoms with E-state index < -0.39 is 0 Å². The Balaban J connectivity index is 1.81. The fourth-order valence-corrected chi connectivity index (χ4v) is 2.88. The molecule has 2 aromatic rings. The summed E-state index contributed by atoms with van der Waals surface area (Å²) in [5, 5.41) is 3.52. The summed E-state index contributed by atoms with van der Waals surface area (Å²) in [4.78, 5) is 16.8. The van der Waals surface area contributed by atoms with Crippen molar-refractivity contribution in [3.8, 4) is 0 Å². The first kappa shape index (κ1) is 12.3. The summed E-state index contributed by atoms with van der Waals surface area (Å²) in [6, 6.07) is 6.23. The summed E-state index contributed by atoms with van der Waals surface area (Å²) >= 11 is 0. The number of anilines is 1. The lowest BCUT2D eigenvalue weighted by Crippen LogP contribution is -2.37. The summed E-state index contributed by atoms with van der Waals surface area (Å²) in [6.07, 6.45) is 4.98. The standard InChI is InChI=1S/C14H19N3O2/c1-19-13-5-3-2-4-11(13)15-9-6-7-10-12(8-9)17-14(18)16-10/h6-8,11,13,15H,2-5H2,1H3,(H2,16,17,18). The molecule has 1 aromatic carbocycles. The van der Waals surface area contributed by atoms with Crippen molar-refractivity contribution in [2.75, 3.05) is 12.4 Å². The molecule has 5 nitrogen and oxygen atoms in total. The van der Waals surface area contributed by atoms with Crippen molar-refractivity contribution < 1.29 is 4.74 Å². The third kappa shape index (κ3) is 2.51. The Morgan fingerprint density at radius 3 is 2.84 bits per heavy atom. The highest BCUT2D eigenvalue weighted by Gasteiger charge is 2.24. The Morgan fingerprint density at radius 1 is 1.21 bits per heavy atom. The number of H-pyrrole nitrogens is 2. The summed E-state index contributed by atoms with van der Waals surface area (Å²) in [5.74, 6) is 0. The molecule has 2 atom stereocenters. The number of aromatic amines is 2. The molecule has 5 heteroatoms. The van der Waals surface area contributed by atoms with E-state index in [4.69, 9.17) is 4.74 Å². The van der Waals surface area contributed by atoms with Crippen LogP contribution in [-0.4, -0.2) is 29.2 Å². The molecule has 2 unspecified atom stereocenters. The predicted octanol–water partition coefficient (Wildman–Crippen LogP) is 2.23. The Hall–Kier alpha value is -1.75. The maximum Gasteiger partial charge on any atom is 0.323 e. The first-order valence-corrected chi connectivity index (χ1v) is 6.77. The fraction of sp³-hybridized carbons (Fsp3) is 0.500. The fourth-order valence-electron chi connectivity index (χ4n) is 2.88. The Kier molecular flexibility index (Phi) is 3.29. The summed E-state index contributed by atoms with van der Waals surface area (Å²) in [7, 11) is 1.78. The summed E-state index contributed by atoms with van der Waals surface area (Å²) in [5.41, 5.74) is 2.53. The van der Waals surface area contributed by atoms with Gasteiger partial charge in [0.05, 0.1) is 23.2 Å². The molecule has 0 aliphatic heterocycles. The van der Waals surface area contributed by atoms with Crippen LogP contribution in [-0.2, 0) is 4.74 Å². The number of rotatable bonds is 3. The van der Waals surface area contributed by atoms with E-state index >= 15 is 0 Å². The zero-order valence-electron chi connectivity index (χ0n) is 11.0. The second-order valence-corrected chi connectivity index (χ2v) is 5.15. The molecule has 3 rings (SSSR count). The molecule has 3 N–H and O–H groups in total. The van der Waals surface area contributed by atoms with Crippen LogP contribution < -0.4 is 11.0 Å². The van der Waals surface area contributed by atoms with Gasteiger partial charge in [0.15, 0.2) is 0 Å². The van der Waals surface area contributed by atoms with Crippen LogP contribution in [0, 0.1) is 0 Å². The molecule has 1 aromatic heterocycles. The number of hydrogen-bond donors (Lipinski definition) is 3. The SMILES string of the molecule is COC1CCCCC1Nc1ccc2[nH]c(=O)[nH]c2c1. The number of aromatic nitrogens is 2. The van der Waals surface area contributed by atoms with Gasteiger partial charge in [-0.15, -0.1) is 0 Å². The van der Waals surface area contributed by atoms with Crippen LogP contribution in [0.5, 0.6) is 0 Å². The zero-order valence-corrected chi connectivity index (χ0v) is 11.0. The second-order valence-electron chi connectivity index (χ2n) is 5.15. The average molecular weight is 261 g/mol. The summed E-state index contributed by atoms with van der Waals surface area (Å²) < 4.78 is 5.54. The maximum absolute atomic E-state index is 11.2. The van der Waals surface area contributed by atoms with Gasteiger partial charge < -0.3 is 20.0 Å². The number of benzene rings is 1. The number of fused-ring (bicyclic) bond motifs is 1. The van der Waals surface area contributed by atoms with E-state index in [-0.39, 0.29) is 11.8 Å². The van der Waals surface area contributed by atoms with Gasteiger partial charge in [0.2, 0.25) is 0 Å². The highest BCUT2D eigenvalue weighted by Crippen LogP contribution is 2.25. The molecule has 0 bridgehead atoms. The zero-order chi connectivity index (χ0) is 13.2. The van der Waals surface area contributed by atoms with Crippen molar-refractivity contribution in [2.24, 2.45) is 0 Å². The van der Waals surface area contributed by atoms with Gasteiger partial charge >= 0.3 is 5.69 Å². The van der Waals surface area contributed by atoms with E-state index in [0.717, 1.165) is 29.6 Å². The quantitative estimate of drug-likeness (QED) is 0.793. The van der Waals surface area contributed by atoms with Gasteiger partial charge in [0.1, 0.15) is 0 Å². The molecule has 0 amide bonds. The molecule has 1 fully saturated rings. The molecule has 0 saturated heterocycles. The molecular weight excluding hydrogens is 242 g/mol. The van der Waals surface area contributed by atoms with Gasteiger partial charge in [0, 0.05) is 12.8 Å². The first-order valence-electron chi connectivity index (χ1n) is 6.77. The van der Waals surface area contributed by atoms with E-state index in [1.807, 2.05) is 18.2 Å². The van der Waals surface area contributed by atoms with Crippen LogP contribution in [0.1, 0.15) is 25.7 Å². The number of nitrogens with one attached hydrogen (secondary N) is 3. The lowest BCUT2D eigenvalue weighted by Gasteiger charge is -2.31. The normalized spacial score (nSPS) is 23.6. The van der Waals surface area contributed by atoms with E-state index in [1.54, 1.807) is 7.11 Å². The van der Waals surface area contributed by atoms with Crippen LogP contribution in [0.3, 0.4) is 0 Å². The molecule has 0 radical (unpaired) electrons. The Bertz CT molecular complexity index is 616. The van der Waals surface area contributed by atoms with Crippen LogP contribution in [0.2, 0.25) is 0 Å². The van der Waals surface area contributed by atoms with Crippen molar-refractivity contribution in [1.29, 1.82) is 0 Å². The van der Waals surface area contributed by atoms with Gasteiger partial charge in [-0.3, -0.25) is 0 Å². The number of ether oxygens (including phenoxy) is 1. The first-order chi connectivity index (χ1) is 9.26. The smallest absolute Gasteiger partial charge is 0.323 e. The van der Waals surface area contributed by atoms with Crippen molar-refractivity contribution in [3.05, 3.63) is 28.7 Å². The molecular formula is C14H19N3O2. The van der Waals surface area contributed by atoms with Crippen molar-refractivity contribution in [2.45, 2.75) is 37.8 Å². The van der Waals surface area contributed by atoms with Gasteiger partial charge in [-0.25, -0.2) is 4.79 Å². The topological polar surface area (TPSA) is 69.9 Å². The molecule has 1 saturated carbocycles. The Morgan fingerprint density at radius 2 is 2.00 bits per heavy atom.